The normalized spacial score (nSPS) is 16.5. The summed E-state index contributed by atoms with van der Waals surface area (Å²) in [6.07, 6.45) is 4.17. The van der Waals surface area contributed by atoms with E-state index in [1.807, 2.05) is 25.2 Å². The molecule has 1 amide bonds. The number of carbonyl (C=O) groups is 1. The monoisotopic (exact) mass is 301 g/mol. The first-order valence-electron chi connectivity index (χ1n) is 7.22. The Balaban J connectivity index is 1.60. The number of para-hydroxylation sites is 1. The average Bonchev–Trinajstić information content (AvgIpc) is 2.98. The van der Waals surface area contributed by atoms with Gasteiger partial charge in [0.25, 0.3) is 5.91 Å². The van der Waals surface area contributed by atoms with E-state index < -0.39 is 0 Å². The topological polar surface area (TPSA) is 65.4 Å². The Morgan fingerprint density at radius 3 is 3.14 bits per heavy atom. The maximum Gasteiger partial charge on any atom is 0.271 e. The van der Waals surface area contributed by atoms with Crippen molar-refractivity contribution in [2.24, 2.45) is 13.0 Å². The van der Waals surface area contributed by atoms with Gasteiger partial charge in [-0.15, -0.1) is 0 Å². The number of rotatable bonds is 4. The minimum Gasteiger partial charge on any atom is -0.493 e. The van der Waals surface area contributed by atoms with Crippen LogP contribution in [-0.4, -0.2) is 35.7 Å². The van der Waals surface area contributed by atoms with Gasteiger partial charge in [-0.3, -0.25) is 4.79 Å². The van der Waals surface area contributed by atoms with Crippen LogP contribution in [0.25, 0.3) is 0 Å². The summed E-state index contributed by atoms with van der Waals surface area (Å²) in [5.41, 5.74) is 1.55. The van der Waals surface area contributed by atoms with Gasteiger partial charge in [-0.05, 0) is 18.1 Å². The number of hydrogen-bond acceptors (Lipinski definition) is 4. The third-order valence-corrected chi connectivity index (χ3v) is 3.74. The van der Waals surface area contributed by atoms with Crippen molar-refractivity contribution in [3.63, 3.8) is 0 Å². The van der Waals surface area contributed by atoms with Gasteiger partial charge in [-0.1, -0.05) is 12.1 Å². The molecule has 0 spiro atoms. The first kappa shape index (κ1) is 14.4. The molecule has 1 aromatic carbocycles. The van der Waals surface area contributed by atoms with Crippen molar-refractivity contribution >= 4 is 5.91 Å². The van der Waals surface area contributed by atoms with E-state index in [0.717, 1.165) is 23.5 Å². The van der Waals surface area contributed by atoms with Crippen molar-refractivity contribution in [3.8, 4) is 11.5 Å². The van der Waals surface area contributed by atoms with Crippen LogP contribution in [0.1, 0.15) is 16.1 Å². The number of fused-ring (bicyclic) bond motifs is 1. The van der Waals surface area contributed by atoms with Crippen LogP contribution in [0, 0.1) is 5.92 Å². The van der Waals surface area contributed by atoms with Crippen LogP contribution >= 0.6 is 0 Å². The minimum atomic E-state index is -0.156. The molecule has 2 heterocycles. The van der Waals surface area contributed by atoms with Crippen molar-refractivity contribution in [1.82, 2.24) is 14.9 Å². The Kier molecular flexibility index (Phi) is 4.00. The average molecular weight is 301 g/mol. The second-order valence-corrected chi connectivity index (χ2v) is 5.46. The van der Waals surface area contributed by atoms with Gasteiger partial charge in [0.15, 0.2) is 11.5 Å². The van der Waals surface area contributed by atoms with Crippen LogP contribution in [0.15, 0.2) is 30.7 Å². The lowest BCUT2D eigenvalue weighted by Crippen LogP contribution is -2.35. The number of methoxy groups -OCH3 is 1. The summed E-state index contributed by atoms with van der Waals surface area (Å²) in [4.78, 5) is 16.0. The Hall–Kier alpha value is -2.50. The standard InChI is InChI=1S/C16H19N3O3/c1-19-8-13(18-10-19)16(20)17-7-11-6-12-4-3-5-14(21-2)15(12)22-9-11/h3-5,8,10-11H,6-7,9H2,1-2H3,(H,17,20). The highest BCUT2D eigenvalue weighted by molar-refractivity contribution is 5.91. The quantitative estimate of drug-likeness (QED) is 0.927. The lowest BCUT2D eigenvalue weighted by molar-refractivity contribution is 0.0934. The number of nitrogens with zero attached hydrogens (tertiary/aromatic N) is 2. The van der Waals surface area contributed by atoms with Gasteiger partial charge in [0, 0.05) is 25.7 Å². The molecule has 0 saturated carbocycles. The second kappa shape index (κ2) is 6.09. The van der Waals surface area contributed by atoms with E-state index in [1.54, 1.807) is 24.2 Å². The molecule has 0 fully saturated rings. The van der Waals surface area contributed by atoms with Gasteiger partial charge in [0.2, 0.25) is 0 Å². The van der Waals surface area contributed by atoms with Crippen LogP contribution in [0.2, 0.25) is 0 Å². The fourth-order valence-corrected chi connectivity index (χ4v) is 2.61. The van der Waals surface area contributed by atoms with Gasteiger partial charge < -0.3 is 19.4 Å². The van der Waals surface area contributed by atoms with Gasteiger partial charge in [0.1, 0.15) is 5.69 Å². The van der Waals surface area contributed by atoms with Crippen molar-refractivity contribution in [1.29, 1.82) is 0 Å². The van der Waals surface area contributed by atoms with Crippen molar-refractivity contribution < 1.29 is 14.3 Å². The molecule has 116 valence electrons. The number of aromatic nitrogens is 2. The molecule has 1 N–H and O–H groups in total. The zero-order chi connectivity index (χ0) is 15.5. The fourth-order valence-electron chi connectivity index (χ4n) is 2.61. The number of benzene rings is 1. The number of hydrogen-bond donors (Lipinski definition) is 1. The molecule has 3 rings (SSSR count). The lowest BCUT2D eigenvalue weighted by Gasteiger charge is -2.26. The molecule has 1 unspecified atom stereocenters. The van der Waals surface area contributed by atoms with E-state index in [0.29, 0.717) is 18.8 Å². The number of nitrogens with one attached hydrogen (secondary N) is 1. The molecule has 1 aliphatic heterocycles. The van der Waals surface area contributed by atoms with Gasteiger partial charge in [-0.2, -0.15) is 0 Å². The minimum absolute atomic E-state index is 0.156. The second-order valence-electron chi connectivity index (χ2n) is 5.46. The molecule has 0 aliphatic carbocycles. The molecule has 1 aromatic heterocycles. The van der Waals surface area contributed by atoms with Gasteiger partial charge >= 0.3 is 0 Å². The summed E-state index contributed by atoms with van der Waals surface area (Å²) in [6.45, 7) is 1.13. The Morgan fingerprint density at radius 2 is 2.41 bits per heavy atom. The van der Waals surface area contributed by atoms with Crippen molar-refractivity contribution in [2.45, 2.75) is 6.42 Å². The molecule has 0 bridgehead atoms. The summed E-state index contributed by atoms with van der Waals surface area (Å²) >= 11 is 0. The smallest absolute Gasteiger partial charge is 0.271 e. The van der Waals surface area contributed by atoms with Crippen LogP contribution in [0.5, 0.6) is 11.5 Å². The van der Waals surface area contributed by atoms with Crippen LogP contribution < -0.4 is 14.8 Å². The van der Waals surface area contributed by atoms with Crippen LogP contribution in [0.4, 0.5) is 0 Å². The van der Waals surface area contributed by atoms with E-state index in [2.05, 4.69) is 10.3 Å². The highest BCUT2D eigenvalue weighted by Gasteiger charge is 2.23. The van der Waals surface area contributed by atoms with Crippen molar-refractivity contribution in [2.75, 3.05) is 20.3 Å². The third kappa shape index (κ3) is 2.90. The molecule has 1 aliphatic rings. The predicted molar refractivity (Wildman–Crippen MR) is 81.2 cm³/mol. The SMILES string of the molecule is COc1cccc2c1OCC(CNC(=O)c1cn(C)cn1)C2. The molecule has 0 radical (unpaired) electrons. The van der Waals surface area contributed by atoms with E-state index in [-0.39, 0.29) is 11.8 Å². The highest BCUT2D eigenvalue weighted by Crippen LogP contribution is 2.35. The number of carbonyl (C=O) groups excluding carboxylic acids is 1. The maximum absolute atomic E-state index is 12.0. The summed E-state index contributed by atoms with van der Waals surface area (Å²) in [6, 6.07) is 5.88. The first-order chi connectivity index (χ1) is 10.7. The lowest BCUT2D eigenvalue weighted by atomic mass is 9.96. The highest BCUT2D eigenvalue weighted by atomic mass is 16.5. The molecule has 6 heteroatoms. The third-order valence-electron chi connectivity index (χ3n) is 3.74. The fraction of sp³-hybridized carbons (Fsp3) is 0.375. The summed E-state index contributed by atoms with van der Waals surface area (Å²) in [7, 11) is 3.47. The van der Waals surface area contributed by atoms with Crippen LogP contribution in [-0.2, 0) is 13.5 Å². The van der Waals surface area contributed by atoms with Crippen molar-refractivity contribution in [3.05, 3.63) is 42.0 Å². The molecular weight excluding hydrogens is 282 g/mol. The number of imidazole rings is 1. The van der Waals surface area contributed by atoms with E-state index in [9.17, 15) is 4.79 Å². The summed E-state index contributed by atoms with van der Waals surface area (Å²) < 4.78 is 12.9. The summed E-state index contributed by atoms with van der Waals surface area (Å²) in [5.74, 6) is 1.66. The molecule has 6 nitrogen and oxygen atoms in total. The molecule has 0 saturated heterocycles. The number of aryl methyl sites for hydroxylation is 1. The Labute approximate surface area is 129 Å². The number of ether oxygens (including phenoxy) is 2. The molecule has 2 aromatic rings. The zero-order valence-corrected chi connectivity index (χ0v) is 12.7. The van der Waals surface area contributed by atoms with E-state index in [4.69, 9.17) is 9.47 Å². The van der Waals surface area contributed by atoms with E-state index in [1.165, 1.54) is 0 Å². The molecule has 1 atom stereocenters. The van der Waals surface area contributed by atoms with Gasteiger partial charge in [-0.25, -0.2) is 4.98 Å². The van der Waals surface area contributed by atoms with E-state index >= 15 is 0 Å². The molecule has 22 heavy (non-hydrogen) atoms. The number of amides is 1. The van der Waals surface area contributed by atoms with Crippen LogP contribution in [0.3, 0.4) is 0 Å². The van der Waals surface area contributed by atoms with Gasteiger partial charge in [0.05, 0.1) is 20.0 Å². The zero-order valence-electron chi connectivity index (χ0n) is 12.7. The Morgan fingerprint density at radius 1 is 1.55 bits per heavy atom. The molecular formula is C16H19N3O3. The largest absolute Gasteiger partial charge is 0.493 e. The predicted octanol–water partition coefficient (Wildman–Crippen LogP) is 1.41. The summed E-state index contributed by atoms with van der Waals surface area (Å²) in [5, 5.41) is 2.92. The maximum atomic E-state index is 12.0. The Bertz CT molecular complexity index is 681. The first-order valence-corrected chi connectivity index (χ1v) is 7.22.